The number of sulfonamides is 1. The largest absolute Gasteiger partial charge is 0.340 e. The van der Waals surface area contributed by atoms with Crippen molar-refractivity contribution in [2.24, 2.45) is 5.41 Å². The smallest absolute Gasteiger partial charge is 0.243 e. The molecule has 1 aliphatic rings. The summed E-state index contributed by atoms with van der Waals surface area (Å²) in [6.45, 7) is 13.8. The number of amides is 1. The van der Waals surface area contributed by atoms with Crippen LogP contribution in [-0.4, -0.2) is 49.7 Å². The van der Waals surface area contributed by atoms with Gasteiger partial charge in [0.2, 0.25) is 15.9 Å². The van der Waals surface area contributed by atoms with Gasteiger partial charge in [-0.2, -0.15) is 4.31 Å². The van der Waals surface area contributed by atoms with Gasteiger partial charge in [-0.1, -0.05) is 53.7 Å². The van der Waals surface area contributed by atoms with Gasteiger partial charge in [-0.25, -0.2) is 8.42 Å². The van der Waals surface area contributed by atoms with Gasteiger partial charge in [0.05, 0.1) is 4.90 Å². The van der Waals surface area contributed by atoms with Crippen LogP contribution in [0, 0.1) is 5.41 Å². The fourth-order valence-electron chi connectivity index (χ4n) is 2.99. The Kier molecular flexibility index (Phi) is 5.88. The molecule has 0 unspecified atom stereocenters. The van der Waals surface area contributed by atoms with Gasteiger partial charge in [-0.3, -0.25) is 4.79 Å². The van der Waals surface area contributed by atoms with Gasteiger partial charge in [0, 0.05) is 31.6 Å². The minimum Gasteiger partial charge on any atom is -0.340 e. The zero-order chi connectivity index (χ0) is 19.8. The van der Waals surface area contributed by atoms with Crippen LogP contribution in [0.15, 0.2) is 29.2 Å². The summed E-state index contributed by atoms with van der Waals surface area (Å²) in [4.78, 5) is 14.7. The van der Waals surface area contributed by atoms with Crippen LogP contribution in [0.1, 0.15) is 53.5 Å². The average Bonchev–Trinajstić information content (AvgIpc) is 2.60. The first-order valence-corrected chi connectivity index (χ1v) is 10.7. The normalized spacial score (nSPS) is 17.4. The first-order chi connectivity index (χ1) is 11.9. The van der Waals surface area contributed by atoms with Crippen LogP contribution in [0.5, 0.6) is 0 Å². The van der Waals surface area contributed by atoms with Crippen molar-refractivity contribution < 1.29 is 13.2 Å². The monoisotopic (exact) mass is 380 g/mol. The highest BCUT2D eigenvalue weighted by Gasteiger charge is 2.35. The second-order valence-corrected chi connectivity index (χ2v) is 10.6. The van der Waals surface area contributed by atoms with Crippen LogP contribution < -0.4 is 0 Å². The Labute approximate surface area is 158 Å². The summed E-state index contributed by atoms with van der Waals surface area (Å²) in [5.74, 6) is 0.103. The number of hydrogen-bond acceptors (Lipinski definition) is 3. The number of carbonyl (C=O) groups excluding carboxylic acids is 1. The summed E-state index contributed by atoms with van der Waals surface area (Å²) >= 11 is 0. The predicted molar refractivity (Wildman–Crippen MR) is 105 cm³/mol. The van der Waals surface area contributed by atoms with Crippen LogP contribution in [-0.2, 0) is 20.2 Å². The van der Waals surface area contributed by atoms with Crippen molar-refractivity contribution in [3.63, 3.8) is 0 Å². The van der Waals surface area contributed by atoms with Crippen LogP contribution in [0.25, 0.3) is 0 Å². The molecule has 1 aliphatic heterocycles. The second-order valence-electron chi connectivity index (χ2n) is 8.71. The summed E-state index contributed by atoms with van der Waals surface area (Å²) in [5.41, 5.74) is 0.693. The van der Waals surface area contributed by atoms with Crippen molar-refractivity contribution in [2.75, 3.05) is 26.2 Å². The first kappa shape index (κ1) is 20.9. The lowest BCUT2D eigenvalue weighted by molar-refractivity contribution is -0.141. The zero-order valence-corrected chi connectivity index (χ0v) is 17.7. The maximum Gasteiger partial charge on any atom is 0.243 e. The standard InChI is InChI=1S/C20H32N2O3S/c1-7-20(5,6)18(23)21-12-14-22(15-13-21)26(24,25)17-10-8-16(9-11-17)19(2,3)4/h8-11H,7,12-15H2,1-6H3. The number of rotatable bonds is 4. The lowest BCUT2D eigenvalue weighted by Gasteiger charge is -2.37. The molecule has 0 aliphatic carbocycles. The molecule has 0 atom stereocenters. The molecule has 0 aromatic heterocycles. The van der Waals surface area contributed by atoms with Crippen LogP contribution in [0.4, 0.5) is 0 Å². The molecule has 1 saturated heterocycles. The van der Waals surface area contributed by atoms with E-state index in [1.807, 2.05) is 32.9 Å². The van der Waals surface area contributed by atoms with E-state index >= 15 is 0 Å². The van der Waals surface area contributed by atoms with Crippen molar-refractivity contribution in [1.82, 2.24) is 9.21 Å². The van der Waals surface area contributed by atoms with E-state index in [4.69, 9.17) is 0 Å². The molecule has 1 aromatic carbocycles. The second kappa shape index (κ2) is 7.31. The van der Waals surface area contributed by atoms with Gasteiger partial charge < -0.3 is 4.90 Å². The van der Waals surface area contributed by atoms with Gasteiger partial charge in [0.25, 0.3) is 0 Å². The maximum atomic E-state index is 12.9. The molecular formula is C20H32N2O3S. The molecule has 146 valence electrons. The molecule has 1 aromatic rings. The maximum absolute atomic E-state index is 12.9. The van der Waals surface area contributed by atoms with Crippen LogP contribution in [0.2, 0.25) is 0 Å². The molecule has 0 bridgehead atoms. The lowest BCUT2D eigenvalue weighted by Crippen LogP contribution is -2.53. The number of nitrogens with zero attached hydrogens (tertiary/aromatic N) is 2. The predicted octanol–water partition coefficient (Wildman–Crippen LogP) is 3.25. The van der Waals surface area contributed by atoms with Gasteiger partial charge in [0.15, 0.2) is 0 Å². The molecular weight excluding hydrogens is 348 g/mol. The van der Waals surface area contributed by atoms with Gasteiger partial charge in [0.1, 0.15) is 0 Å². The SMILES string of the molecule is CCC(C)(C)C(=O)N1CCN(S(=O)(=O)c2ccc(C(C)(C)C)cc2)CC1. The van der Waals surface area contributed by atoms with Gasteiger partial charge >= 0.3 is 0 Å². The molecule has 5 nitrogen and oxygen atoms in total. The molecule has 26 heavy (non-hydrogen) atoms. The quantitative estimate of drug-likeness (QED) is 0.806. The zero-order valence-electron chi connectivity index (χ0n) is 16.9. The van der Waals surface area contributed by atoms with Gasteiger partial charge in [-0.05, 0) is 29.5 Å². The Bertz CT molecular complexity index is 738. The van der Waals surface area contributed by atoms with Crippen molar-refractivity contribution in [1.29, 1.82) is 0 Å². The van der Waals surface area contributed by atoms with E-state index < -0.39 is 15.4 Å². The minimum absolute atomic E-state index is 0.0135. The Morgan fingerprint density at radius 3 is 1.88 bits per heavy atom. The van der Waals surface area contributed by atoms with Crippen molar-refractivity contribution in [2.45, 2.75) is 58.3 Å². The molecule has 0 N–H and O–H groups in total. The third kappa shape index (κ3) is 4.29. The summed E-state index contributed by atoms with van der Waals surface area (Å²) < 4.78 is 27.3. The molecule has 2 rings (SSSR count). The van der Waals surface area contributed by atoms with E-state index in [1.165, 1.54) is 4.31 Å². The Hall–Kier alpha value is -1.40. The van der Waals surface area contributed by atoms with Crippen LogP contribution >= 0.6 is 0 Å². The molecule has 0 saturated carbocycles. The summed E-state index contributed by atoms with van der Waals surface area (Å²) in [6, 6.07) is 7.15. The fraction of sp³-hybridized carbons (Fsp3) is 0.650. The van der Waals surface area contributed by atoms with E-state index in [9.17, 15) is 13.2 Å². The van der Waals surface area contributed by atoms with E-state index in [2.05, 4.69) is 20.8 Å². The summed E-state index contributed by atoms with van der Waals surface area (Å²) in [6.07, 6.45) is 0.768. The average molecular weight is 381 g/mol. The minimum atomic E-state index is -3.52. The summed E-state index contributed by atoms with van der Waals surface area (Å²) in [5, 5.41) is 0. The third-order valence-electron chi connectivity index (χ3n) is 5.35. The lowest BCUT2D eigenvalue weighted by atomic mass is 9.87. The highest BCUT2D eigenvalue weighted by atomic mass is 32.2. The number of piperazine rings is 1. The van der Waals surface area contributed by atoms with E-state index in [0.717, 1.165) is 12.0 Å². The highest BCUT2D eigenvalue weighted by molar-refractivity contribution is 7.89. The Balaban J connectivity index is 2.09. The van der Waals surface area contributed by atoms with Gasteiger partial charge in [-0.15, -0.1) is 0 Å². The Morgan fingerprint density at radius 2 is 1.46 bits per heavy atom. The van der Waals surface area contributed by atoms with Crippen LogP contribution in [0.3, 0.4) is 0 Å². The summed E-state index contributed by atoms with van der Waals surface area (Å²) in [7, 11) is -3.52. The van der Waals surface area contributed by atoms with Crippen molar-refractivity contribution in [3.05, 3.63) is 29.8 Å². The van der Waals surface area contributed by atoms with E-state index in [1.54, 1.807) is 17.0 Å². The number of hydrogen-bond donors (Lipinski definition) is 0. The number of carbonyl (C=O) groups is 1. The first-order valence-electron chi connectivity index (χ1n) is 9.29. The van der Waals surface area contributed by atoms with Crippen molar-refractivity contribution in [3.8, 4) is 0 Å². The van der Waals surface area contributed by atoms with E-state index in [-0.39, 0.29) is 11.3 Å². The van der Waals surface area contributed by atoms with Crippen molar-refractivity contribution >= 4 is 15.9 Å². The molecule has 6 heteroatoms. The molecule has 1 amide bonds. The highest BCUT2D eigenvalue weighted by Crippen LogP contribution is 2.27. The molecule has 0 spiro atoms. The fourth-order valence-corrected chi connectivity index (χ4v) is 4.41. The molecule has 0 radical (unpaired) electrons. The van der Waals surface area contributed by atoms with E-state index in [0.29, 0.717) is 31.1 Å². The Morgan fingerprint density at radius 1 is 0.962 bits per heavy atom. The molecule has 1 heterocycles. The molecule has 1 fully saturated rings. The third-order valence-corrected chi connectivity index (χ3v) is 7.26. The topological polar surface area (TPSA) is 57.7 Å². The number of benzene rings is 1.